The molecule has 0 N–H and O–H groups in total. The molecule has 0 atom stereocenters. The van der Waals surface area contributed by atoms with Crippen LogP contribution in [0.2, 0.25) is 0 Å². The molecule has 136 valence electrons. The highest BCUT2D eigenvalue weighted by molar-refractivity contribution is 5.66. The maximum absolute atomic E-state index is 4.76. The molecule has 0 saturated carbocycles. The Balaban J connectivity index is 1.84. The van der Waals surface area contributed by atoms with E-state index in [0.29, 0.717) is 5.82 Å². The quantitative estimate of drug-likeness (QED) is 0.509. The van der Waals surface area contributed by atoms with Gasteiger partial charge in [-0.2, -0.15) is 0 Å². The largest absolute Gasteiger partial charge is 0.469 e. The van der Waals surface area contributed by atoms with Crippen LogP contribution in [0, 0.1) is 0 Å². The fourth-order valence-electron chi connectivity index (χ4n) is 2.95. The topological polar surface area (TPSA) is 33.5 Å². The van der Waals surface area contributed by atoms with Crippen molar-refractivity contribution in [2.75, 3.05) is 0 Å². The van der Waals surface area contributed by atoms with Crippen LogP contribution in [0.1, 0.15) is 19.4 Å². The first kappa shape index (κ1) is 17.7. The monoisotopic (exact) mass is 366 g/mol. The molecule has 0 aliphatic heterocycles. The fourth-order valence-corrected chi connectivity index (χ4v) is 2.95. The minimum atomic E-state index is 0.667. The van der Waals surface area contributed by atoms with Crippen LogP contribution in [0.25, 0.3) is 28.3 Å². The van der Waals surface area contributed by atoms with Crippen molar-refractivity contribution >= 4 is 5.57 Å². The molecular formula is C24H22N4+2. The number of benzene rings is 3. The molecule has 0 aliphatic rings. The number of para-hydroxylation sites is 2. The third-order valence-electron chi connectivity index (χ3n) is 4.70. The molecule has 0 saturated heterocycles. The predicted molar refractivity (Wildman–Crippen MR) is 110 cm³/mol. The van der Waals surface area contributed by atoms with E-state index in [2.05, 4.69) is 44.2 Å². The Morgan fingerprint density at radius 3 is 1.68 bits per heavy atom. The molecule has 0 radical (unpaired) electrons. The second kappa shape index (κ2) is 7.92. The van der Waals surface area contributed by atoms with E-state index in [1.54, 1.807) is 0 Å². The molecule has 0 unspecified atom stereocenters. The van der Waals surface area contributed by atoms with Crippen molar-refractivity contribution in [2.24, 2.45) is 0 Å². The molecule has 0 amide bonds. The minimum absolute atomic E-state index is 0.667. The number of hydrogen-bond donors (Lipinski definition) is 0. The highest BCUT2D eigenvalue weighted by Gasteiger charge is 2.22. The summed E-state index contributed by atoms with van der Waals surface area (Å²) in [6, 6.07) is 28.5. The van der Waals surface area contributed by atoms with E-state index in [-0.39, 0.29) is 0 Å². The first-order chi connectivity index (χ1) is 13.7. The van der Waals surface area contributed by atoms with Crippen LogP contribution in [0.4, 0.5) is 0 Å². The molecule has 28 heavy (non-hydrogen) atoms. The molecule has 4 nitrogen and oxygen atoms in total. The van der Waals surface area contributed by atoms with Gasteiger partial charge in [0.1, 0.15) is 0 Å². The van der Waals surface area contributed by atoms with Crippen LogP contribution >= 0.6 is 0 Å². The number of aromatic nitrogens is 4. The maximum Gasteiger partial charge on any atom is 0.469 e. The van der Waals surface area contributed by atoms with Gasteiger partial charge in [0.15, 0.2) is 0 Å². The summed E-state index contributed by atoms with van der Waals surface area (Å²) in [4.78, 5) is 0. The molecule has 0 fully saturated rings. The second-order valence-corrected chi connectivity index (χ2v) is 6.55. The van der Waals surface area contributed by atoms with Gasteiger partial charge in [-0.05, 0) is 25.0 Å². The van der Waals surface area contributed by atoms with Gasteiger partial charge in [0, 0.05) is 49.4 Å². The highest BCUT2D eigenvalue weighted by Crippen LogP contribution is 2.18. The molecule has 0 aliphatic carbocycles. The van der Waals surface area contributed by atoms with Crippen LogP contribution in [0.3, 0.4) is 0 Å². The van der Waals surface area contributed by atoms with Gasteiger partial charge in [0.2, 0.25) is 11.4 Å². The van der Waals surface area contributed by atoms with Gasteiger partial charge in [-0.25, -0.2) is 0 Å². The maximum atomic E-state index is 4.76. The summed E-state index contributed by atoms with van der Waals surface area (Å²) in [5.41, 5.74) is 5.39. The summed E-state index contributed by atoms with van der Waals surface area (Å²) >= 11 is 0. The highest BCUT2D eigenvalue weighted by atomic mass is 15.4. The van der Waals surface area contributed by atoms with E-state index < -0.39 is 0 Å². The van der Waals surface area contributed by atoms with E-state index in [0.717, 1.165) is 16.9 Å². The molecule has 0 spiro atoms. The average Bonchev–Trinajstić information content (AvgIpc) is 2.79. The molecule has 1 heterocycles. The van der Waals surface area contributed by atoms with E-state index in [9.17, 15) is 0 Å². The van der Waals surface area contributed by atoms with Gasteiger partial charge in [-0.3, -0.25) is 0 Å². The Bertz CT molecular complexity index is 1040. The average molecular weight is 366 g/mol. The Labute approximate surface area is 165 Å². The summed E-state index contributed by atoms with van der Waals surface area (Å²) < 4.78 is 3.72. The summed E-state index contributed by atoms with van der Waals surface area (Å²) in [6.45, 7) is 4.16. The van der Waals surface area contributed by atoms with Gasteiger partial charge in [0.05, 0.1) is 0 Å². The standard InChI is InChI=1S/C24H22N4/c1-3-19(2)20-14-16-21(17-15-20)24-25-27(22-10-6-4-7-11-22)18-28(26-24)23-12-8-5-9-13-23/h3-18H,1-2H3/q+2/b19-3-. The lowest BCUT2D eigenvalue weighted by molar-refractivity contribution is -0.796. The van der Waals surface area contributed by atoms with Crippen molar-refractivity contribution in [3.8, 4) is 22.8 Å². The van der Waals surface area contributed by atoms with Crippen LogP contribution in [0.15, 0.2) is 97.3 Å². The van der Waals surface area contributed by atoms with E-state index in [4.69, 9.17) is 10.2 Å². The summed E-state index contributed by atoms with van der Waals surface area (Å²) in [5.74, 6) is 0.667. The minimum Gasteiger partial charge on any atom is -0.0841 e. The smallest absolute Gasteiger partial charge is 0.0841 e. The Morgan fingerprint density at radius 2 is 1.21 bits per heavy atom. The normalized spacial score (nSPS) is 11.4. The zero-order chi connectivity index (χ0) is 19.3. The van der Waals surface area contributed by atoms with Crippen molar-refractivity contribution in [3.63, 3.8) is 0 Å². The van der Waals surface area contributed by atoms with Crippen LogP contribution in [0.5, 0.6) is 0 Å². The van der Waals surface area contributed by atoms with Crippen molar-refractivity contribution < 1.29 is 9.36 Å². The molecule has 4 aromatic rings. The van der Waals surface area contributed by atoms with Crippen molar-refractivity contribution in [1.82, 2.24) is 10.2 Å². The number of nitrogens with zero attached hydrogens (tertiary/aromatic N) is 4. The summed E-state index contributed by atoms with van der Waals surface area (Å²) in [6.07, 6.45) is 4.01. The van der Waals surface area contributed by atoms with E-state index >= 15 is 0 Å². The number of allylic oxidation sites excluding steroid dienone is 2. The first-order valence-corrected chi connectivity index (χ1v) is 9.32. The van der Waals surface area contributed by atoms with E-state index in [1.165, 1.54) is 11.1 Å². The molecular weight excluding hydrogens is 344 g/mol. The van der Waals surface area contributed by atoms with Crippen LogP contribution < -0.4 is 9.36 Å². The lowest BCUT2D eigenvalue weighted by Crippen LogP contribution is -2.49. The van der Waals surface area contributed by atoms with Gasteiger partial charge < -0.3 is 0 Å². The van der Waals surface area contributed by atoms with Crippen molar-refractivity contribution in [3.05, 3.63) is 103 Å². The van der Waals surface area contributed by atoms with Gasteiger partial charge >= 0.3 is 6.33 Å². The lowest BCUT2D eigenvalue weighted by Gasteiger charge is -2.02. The Kier molecular flexibility index (Phi) is 5.02. The predicted octanol–water partition coefficient (Wildman–Crippen LogP) is 4.12. The van der Waals surface area contributed by atoms with Crippen molar-refractivity contribution in [2.45, 2.75) is 13.8 Å². The fraction of sp³-hybridized carbons (Fsp3) is 0.0833. The lowest BCUT2D eigenvalue weighted by atomic mass is 10.1. The van der Waals surface area contributed by atoms with Gasteiger partial charge in [0.25, 0.3) is 5.82 Å². The second-order valence-electron chi connectivity index (χ2n) is 6.55. The molecule has 3 aromatic carbocycles. The zero-order valence-corrected chi connectivity index (χ0v) is 16.0. The molecule has 4 heteroatoms. The van der Waals surface area contributed by atoms with Crippen LogP contribution in [-0.2, 0) is 0 Å². The van der Waals surface area contributed by atoms with E-state index in [1.807, 2.05) is 76.4 Å². The summed E-state index contributed by atoms with van der Waals surface area (Å²) in [5, 5.41) is 9.53. The van der Waals surface area contributed by atoms with Crippen LogP contribution in [-0.4, -0.2) is 10.2 Å². The Hall–Kier alpha value is -3.66. The zero-order valence-electron chi connectivity index (χ0n) is 16.0. The Morgan fingerprint density at radius 1 is 0.714 bits per heavy atom. The third-order valence-corrected chi connectivity index (χ3v) is 4.70. The molecule has 0 bridgehead atoms. The number of rotatable bonds is 4. The third kappa shape index (κ3) is 3.71. The van der Waals surface area contributed by atoms with Crippen molar-refractivity contribution in [1.29, 1.82) is 0 Å². The first-order valence-electron chi connectivity index (χ1n) is 9.32. The van der Waals surface area contributed by atoms with Gasteiger partial charge in [-0.15, -0.1) is 0 Å². The summed E-state index contributed by atoms with van der Waals surface area (Å²) in [7, 11) is 0. The molecule has 1 aromatic heterocycles. The number of hydrogen-bond acceptors (Lipinski definition) is 2. The SMILES string of the molecule is C/C=C(/C)c1ccc(-c2n[n+](-c3ccccc3)c[n+](-c3ccccc3)n2)cc1. The van der Waals surface area contributed by atoms with Gasteiger partial charge in [-0.1, -0.05) is 66.7 Å². The molecule has 4 rings (SSSR count).